The molecule has 2 aromatic carbocycles. The Kier molecular flexibility index (Phi) is 9.89. The molecule has 0 unspecified atom stereocenters. The molecule has 0 radical (unpaired) electrons. The molecule has 0 spiro atoms. The average Bonchev–Trinajstić information content (AvgIpc) is 3.35. The highest BCUT2D eigenvalue weighted by Gasteiger charge is 2.23. The Morgan fingerprint density at radius 1 is 0.853 bits per heavy atom. The summed E-state index contributed by atoms with van der Waals surface area (Å²) >= 11 is 1.64. The number of hydrogen-bond donors (Lipinski definition) is 0. The van der Waals surface area contributed by atoms with Crippen LogP contribution in [0.5, 0.6) is 0 Å². The molecule has 0 aliphatic carbocycles. The summed E-state index contributed by atoms with van der Waals surface area (Å²) in [6, 6.07) is 22.0. The molecule has 2 amide bonds. The van der Waals surface area contributed by atoms with E-state index < -0.39 is 0 Å². The van der Waals surface area contributed by atoms with Gasteiger partial charge in [-0.15, -0.1) is 11.3 Å². The first-order chi connectivity index (χ1) is 16.5. The lowest BCUT2D eigenvalue weighted by Crippen LogP contribution is -2.43. The average molecular weight is 477 g/mol. The lowest BCUT2D eigenvalue weighted by atomic mass is 10.1. The van der Waals surface area contributed by atoms with E-state index in [4.69, 9.17) is 0 Å². The molecule has 180 valence electrons. The minimum atomic E-state index is -0.0834. The third kappa shape index (κ3) is 7.84. The molecule has 1 aromatic heterocycles. The maximum atomic E-state index is 13.5. The predicted molar refractivity (Wildman–Crippen MR) is 141 cm³/mol. The second-order valence-corrected chi connectivity index (χ2v) is 10.2. The first kappa shape index (κ1) is 25.7. The van der Waals surface area contributed by atoms with Crippen molar-refractivity contribution < 1.29 is 9.59 Å². The fourth-order valence-electron chi connectivity index (χ4n) is 3.93. The molecular weight excluding hydrogens is 440 g/mol. The quantitative estimate of drug-likeness (QED) is 0.303. The monoisotopic (exact) mass is 476 g/mol. The van der Waals surface area contributed by atoms with Gasteiger partial charge in [0.05, 0.1) is 6.54 Å². The van der Waals surface area contributed by atoms with E-state index in [0.717, 1.165) is 29.7 Å². The molecule has 4 nitrogen and oxygen atoms in total. The normalized spacial score (nSPS) is 10.9. The van der Waals surface area contributed by atoms with E-state index in [2.05, 4.69) is 20.8 Å². The number of benzene rings is 2. The van der Waals surface area contributed by atoms with Crippen molar-refractivity contribution in [1.29, 1.82) is 0 Å². The zero-order chi connectivity index (χ0) is 24.3. The van der Waals surface area contributed by atoms with Crippen molar-refractivity contribution in [2.45, 2.75) is 53.1 Å². The van der Waals surface area contributed by atoms with Crippen LogP contribution in [0.15, 0.2) is 72.1 Å². The van der Waals surface area contributed by atoms with Gasteiger partial charge in [-0.2, -0.15) is 0 Å². The third-order valence-corrected chi connectivity index (χ3v) is 6.58. The van der Waals surface area contributed by atoms with E-state index in [9.17, 15) is 9.59 Å². The van der Waals surface area contributed by atoms with Crippen molar-refractivity contribution in [3.05, 3.63) is 93.7 Å². The molecule has 0 aliphatic heterocycles. The Balaban J connectivity index is 1.76. The Labute approximate surface area is 208 Å². The van der Waals surface area contributed by atoms with Gasteiger partial charge in [-0.25, -0.2) is 0 Å². The standard InChI is InChI=1S/C29H36N2O2S/c1-4-5-10-24-14-16-26(17-15-24)29(33)31(19-23(2)3)22-28(32)30(21-27-13-9-18-34-27)20-25-11-7-6-8-12-25/h6-9,11-18,23H,4-5,10,19-22H2,1-3H3. The zero-order valence-electron chi connectivity index (χ0n) is 20.6. The second-order valence-electron chi connectivity index (χ2n) is 9.19. The van der Waals surface area contributed by atoms with E-state index >= 15 is 0 Å². The van der Waals surface area contributed by atoms with Gasteiger partial charge >= 0.3 is 0 Å². The van der Waals surface area contributed by atoms with Crippen LogP contribution in [0.2, 0.25) is 0 Å². The molecule has 0 atom stereocenters. The highest BCUT2D eigenvalue weighted by Crippen LogP contribution is 2.17. The van der Waals surface area contributed by atoms with Crippen LogP contribution in [0.25, 0.3) is 0 Å². The van der Waals surface area contributed by atoms with Gasteiger partial charge in [-0.05, 0) is 53.5 Å². The fourth-order valence-corrected chi connectivity index (χ4v) is 4.65. The Morgan fingerprint density at radius 2 is 1.59 bits per heavy atom. The molecule has 0 saturated heterocycles. The molecule has 34 heavy (non-hydrogen) atoms. The Hall–Kier alpha value is -2.92. The van der Waals surface area contributed by atoms with E-state index in [1.807, 2.05) is 77.0 Å². The van der Waals surface area contributed by atoms with Crippen molar-refractivity contribution >= 4 is 23.2 Å². The summed E-state index contributed by atoms with van der Waals surface area (Å²) in [5, 5.41) is 2.03. The highest BCUT2D eigenvalue weighted by molar-refractivity contribution is 7.09. The van der Waals surface area contributed by atoms with E-state index in [0.29, 0.717) is 25.2 Å². The minimum absolute atomic E-state index is 0.0363. The number of hydrogen-bond acceptors (Lipinski definition) is 3. The van der Waals surface area contributed by atoms with Gasteiger partial charge < -0.3 is 9.80 Å². The number of carbonyl (C=O) groups is 2. The van der Waals surface area contributed by atoms with Gasteiger partial charge in [0, 0.05) is 23.5 Å². The fraction of sp³-hybridized carbons (Fsp3) is 0.379. The first-order valence-electron chi connectivity index (χ1n) is 12.2. The number of thiophene rings is 1. The van der Waals surface area contributed by atoms with E-state index in [1.165, 1.54) is 5.56 Å². The predicted octanol–water partition coefficient (Wildman–Crippen LogP) is 6.42. The van der Waals surface area contributed by atoms with E-state index in [1.54, 1.807) is 16.2 Å². The van der Waals surface area contributed by atoms with Crippen LogP contribution in [0, 0.1) is 5.92 Å². The summed E-state index contributed by atoms with van der Waals surface area (Å²) in [5.41, 5.74) is 2.97. The van der Waals surface area contributed by atoms with Crippen LogP contribution in [0.4, 0.5) is 0 Å². The molecule has 0 N–H and O–H groups in total. The number of unbranched alkanes of at least 4 members (excludes halogenated alkanes) is 1. The molecular formula is C29H36N2O2S. The topological polar surface area (TPSA) is 40.6 Å². The van der Waals surface area contributed by atoms with Crippen molar-refractivity contribution in [1.82, 2.24) is 9.80 Å². The number of aryl methyl sites for hydroxylation is 1. The lowest BCUT2D eigenvalue weighted by molar-refractivity contribution is -0.133. The summed E-state index contributed by atoms with van der Waals surface area (Å²) < 4.78 is 0. The second kappa shape index (κ2) is 13.1. The number of carbonyl (C=O) groups excluding carboxylic acids is 2. The highest BCUT2D eigenvalue weighted by atomic mass is 32.1. The summed E-state index contributed by atoms with van der Waals surface area (Å²) in [6.07, 6.45) is 3.31. The number of rotatable bonds is 12. The van der Waals surface area contributed by atoms with Crippen LogP contribution in [-0.4, -0.2) is 34.7 Å². The number of amides is 2. The van der Waals surface area contributed by atoms with Crippen molar-refractivity contribution in [2.24, 2.45) is 5.92 Å². The van der Waals surface area contributed by atoms with Crippen molar-refractivity contribution in [3.8, 4) is 0 Å². The summed E-state index contributed by atoms with van der Waals surface area (Å²) in [5.74, 6) is 0.145. The first-order valence-corrected chi connectivity index (χ1v) is 13.1. The molecule has 1 heterocycles. The molecule has 3 aromatic rings. The van der Waals surface area contributed by atoms with Crippen molar-refractivity contribution in [3.63, 3.8) is 0 Å². The molecule has 3 rings (SSSR count). The molecule has 0 saturated carbocycles. The summed E-state index contributed by atoms with van der Waals surface area (Å²) in [7, 11) is 0. The lowest BCUT2D eigenvalue weighted by Gasteiger charge is -2.29. The van der Waals surface area contributed by atoms with Crippen molar-refractivity contribution in [2.75, 3.05) is 13.1 Å². The smallest absolute Gasteiger partial charge is 0.254 e. The van der Waals surface area contributed by atoms with Crippen LogP contribution >= 0.6 is 11.3 Å². The van der Waals surface area contributed by atoms with Gasteiger partial charge in [0.25, 0.3) is 5.91 Å². The Morgan fingerprint density at radius 3 is 2.21 bits per heavy atom. The van der Waals surface area contributed by atoms with Crippen LogP contribution < -0.4 is 0 Å². The molecule has 5 heteroatoms. The minimum Gasteiger partial charge on any atom is -0.332 e. The van der Waals surface area contributed by atoms with Gasteiger partial charge in [0.15, 0.2) is 0 Å². The maximum absolute atomic E-state index is 13.5. The van der Waals surface area contributed by atoms with Crippen LogP contribution in [0.1, 0.15) is 60.0 Å². The molecule has 0 fully saturated rings. The van der Waals surface area contributed by atoms with Gasteiger partial charge in [0.2, 0.25) is 5.91 Å². The van der Waals surface area contributed by atoms with E-state index in [-0.39, 0.29) is 24.3 Å². The van der Waals surface area contributed by atoms with Crippen LogP contribution in [-0.2, 0) is 24.3 Å². The summed E-state index contributed by atoms with van der Waals surface area (Å²) in [4.78, 5) is 31.6. The Bertz CT molecular complexity index is 1010. The largest absolute Gasteiger partial charge is 0.332 e. The zero-order valence-corrected chi connectivity index (χ0v) is 21.4. The molecule has 0 aliphatic rings. The SMILES string of the molecule is CCCCc1ccc(C(=O)N(CC(=O)N(Cc2ccccc2)Cc2cccs2)CC(C)C)cc1. The van der Waals surface area contributed by atoms with Gasteiger partial charge in [-0.1, -0.05) is 75.7 Å². The molecule has 0 bridgehead atoms. The van der Waals surface area contributed by atoms with Gasteiger partial charge in [0.1, 0.15) is 6.54 Å². The number of nitrogens with zero attached hydrogens (tertiary/aromatic N) is 2. The maximum Gasteiger partial charge on any atom is 0.254 e. The summed E-state index contributed by atoms with van der Waals surface area (Å²) in [6.45, 7) is 8.01. The van der Waals surface area contributed by atoms with Gasteiger partial charge in [-0.3, -0.25) is 9.59 Å². The van der Waals surface area contributed by atoms with Crippen LogP contribution in [0.3, 0.4) is 0 Å². The third-order valence-electron chi connectivity index (χ3n) is 5.71.